The molecule has 2 aliphatic rings. The first-order valence-electron chi connectivity index (χ1n) is 9.44. The number of likely N-dealkylation sites (tertiary alicyclic amines) is 1. The largest absolute Gasteiger partial charge is 0.464 e. The fourth-order valence-electron chi connectivity index (χ4n) is 3.28. The average Bonchev–Trinajstić information content (AvgIpc) is 2.65. The third-order valence-corrected chi connectivity index (χ3v) is 5.13. The van der Waals surface area contributed by atoms with E-state index in [2.05, 4.69) is 0 Å². The number of esters is 1. The molecule has 1 unspecified atom stereocenters. The lowest BCUT2D eigenvalue weighted by Crippen LogP contribution is -2.55. The van der Waals surface area contributed by atoms with E-state index in [0.717, 1.165) is 25.8 Å². The van der Waals surface area contributed by atoms with Gasteiger partial charge in [0.1, 0.15) is 11.6 Å². The molecule has 2 rings (SSSR count). The normalized spacial score (nSPS) is 21.3. The van der Waals surface area contributed by atoms with Crippen LogP contribution in [-0.2, 0) is 19.1 Å². The number of amides is 2. The predicted molar refractivity (Wildman–Crippen MR) is 106 cm³/mol. The molecule has 2 fully saturated rings. The van der Waals surface area contributed by atoms with Crippen molar-refractivity contribution in [3.8, 4) is 0 Å². The summed E-state index contributed by atoms with van der Waals surface area (Å²) < 4.78 is 5.15. The Morgan fingerprint density at radius 3 is 2.33 bits per heavy atom. The molecule has 0 saturated carbocycles. The minimum absolute atomic E-state index is 0.0771. The third kappa shape index (κ3) is 4.55. The number of thiocarbonyl (C=S) groups is 1. The molecule has 2 aliphatic heterocycles. The quantitative estimate of drug-likeness (QED) is 0.297. The van der Waals surface area contributed by atoms with Crippen molar-refractivity contribution in [1.82, 2.24) is 14.7 Å². The van der Waals surface area contributed by atoms with E-state index in [0.29, 0.717) is 19.7 Å². The molecule has 1 atom stereocenters. The number of carbonyl (C=O) groups excluding carboxylic acids is 3. The fraction of sp³-hybridized carbons (Fsp3) is 0.579. The Labute approximate surface area is 165 Å². The second kappa shape index (κ2) is 9.64. The van der Waals surface area contributed by atoms with Gasteiger partial charge in [0.2, 0.25) is 0 Å². The fourth-order valence-corrected chi connectivity index (χ4v) is 3.70. The maximum absolute atomic E-state index is 12.6. The highest BCUT2D eigenvalue weighted by atomic mass is 32.1. The number of ether oxygens (including phenoxy) is 1. The van der Waals surface area contributed by atoms with Crippen LogP contribution in [0.3, 0.4) is 0 Å². The molecule has 27 heavy (non-hydrogen) atoms. The summed E-state index contributed by atoms with van der Waals surface area (Å²) in [5.74, 6) is -1.01. The summed E-state index contributed by atoms with van der Waals surface area (Å²) in [5, 5.41) is 0.245. The van der Waals surface area contributed by atoms with Crippen molar-refractivity contribution in [1.29, 1.82) is 0 Å². The molecule has 0 N–H and O–H groups in total. The number of allylic oxidation sites excluding steroid dienone is 2. The highest BCUT2D eigenvalue weighted by molar-refractivity contribution is 7.80. The number of hydrogen-bond acceptors (Lipinski definition) is 6. The number of hydrogen-bond donors (Lipinski definition) is 0. The lowest BCUT2D eigenvalue weighted by Gasteiger charge is -2.35. The van der Waals surface area contributed by atoms with Gasteiger partial charge in [0.15, 0.2) is 5.11 Å². The van der Waals surface area contributed by atoms with Gasteiger partial charge in [-0.25, -0.2) is 4.79 Å². The van der Waals surface area contributed by atoms with Crippen LogP contribution in [0.4, 0.5) is 0 Å². The zero-order chi connectivity index (χ0) is 20.0. The zero-order valence-electron chi connectivity index (χ0n) is 16.1. The Hall–Kier alpha value is -2.22. The van der Waals surface area contributed by atoms with E-state index < -0.39 is 0 Å². The molecule has 148 valence electrons. The monoisotopic (exact) mass is 393 g/mol. The molecular formula is C19H27N3O4S. The highest BCUT2D eigenvalue weighted by Gasteiger charge is 2.37. The van der Waals surface area contributed by atoms with Crippen LogP contribution in [-0.4, -0.2) is 69.9 Å². The van der Waals surface area contributed by atoms with Crippen LogP contribution in [0.2, 0.25) is 0 Å². The van der Waals surface area contributed by atoms with Crippen LogP contribution in [0.15, 0.2) is 23.9 Å². The van der Waals surface area contributed by atoms with Gasteiger partial charge in [-0.15, -0.1) is 0 Å². The zero-order valence-corrected chi connectivity index (χ0v) is 17.0. The topological polar surface area (TPSA) is 70.2 Å². The number of piperidine rings is 1. The van der Waals surface area contributed by atoms with Gasteiger partial charge in [-0.2, -0.15) is 0 Å². The minimum atomic E-state index is -0.387. The van der Waals surface area contributed by atoms with Crippen molar-refractivity contribution in [3.05, 3.63) is 23.9 Å². The Morgan fingerprint density at radius 2 is 1.78 bits per heavy atom. The smallest absolute Gasteiger partial charge is 0.328 e. The van der Waals surface area contributed by atoms with Gasteiger partial charge in [0.05, 0.1) is 6.61 Å². The minimum Gasteiger partial charge on any atom is -0.464 e. The summed E-state index contributed by atoms with van der Waals surface area (Å²) in [5.41, 5.74) is 0.0771. The standard InChI is InChI=1S/C19H27N3O4S/c1-4-21-16(23)14(17(24)22(5-2)19(21)27)10-9-13-20-12-8-7-11-15(20)18(25)26-6-3/h9-10,13,15H,4-8,11-12H2,1-3H3/b13-9+. The second-order valence-corrected chi connectivity index (χ2v) is 6.67. The van der Waals surface area contributed by atoms with Gasteiger partial charge >= 0.3 is 5.97 Å². The number of likely N-dealkylation sites (N-methyl/N-ethyl adjacent to an activating group) is 2. The lowest BCUT2D eigenvalue weighted by atomic mass is 10.0. The van der Waals surface area contributed by atoms with Crippen LogP contribution < -0.4 is 0 Å². The van der Waals surface area contributed by atoms with E-state index in [1.165, 1.54) is 15.9 Å². The van der Waals surface area contributed by atoms with Gasteiger partial charge < -0.3 is 9.64 Å². The maximum Gasteiger partial charge on any atom is 0.328 e. The van der Waals surface area contributed by atoms with Crippen LogP contribution in [0, 0.1) is 0 Å². The van der Waals surface area contributed by atoms with Crippen LogP contribution in [0.25, 0.3) is 0 Å². The van der Waals surface area contributed by atoms with E-state index in [9.17, 15) is 14.4 Å². The first kappa shape index (κ1) is 21.1. The van der Waals surface area contributed by atoms with E-state index in [1.54, 1.807) is 19.2 Å². The summed E-state index contributed by atoms with van der Waals surface area (Å²) in [6.07, 6.45) is 7.61. The van der Waals surface area contributed by atoms with Crippen LogP contribution in [0.1, 0.15) is 40.0 Å². The maximum atomic E-state index is 12.6. The molecule has 2 heterocycles. The Kier molecular flexibility index (Phi) is 7.53. The number of rotatable bonds is 6. The van der Waals surface area contributed by atoms with Crippen LogP contribution in [0.5, 0.6) is 0 Å². The molecule has 0 aromatic carbocycles. The molecule has 0 aromatic rings. The molecule has 0 aromatic heterocycles. The molecule has 0 bridgehead atoms. The van der Waals surface area contributed by atoms with Crippen molar-refractivity contribution in [2.45, 2.75) is 46.1 Å². The first-order chi connectivity index (χ1) is 13.0. The molecule has 7 nitrogen and oxygen atoms in total. The van der Waals surface area contributed by atoms with E-state index in [1.807, 2.05) is 18.7 Å². The molecule has 2 amide bonds. The number of nitrogens with zero attached hydrogens (tertiary/aromatic N) is 3. The van der Waals surface area contributed by atoms with Crippen LogP contribution >= 0.6 is 12.2 Å². The van der Waals surface area contributed by atoms with Gasteiger partial charge in [-0.3, -0.25) is 19.4 Å². The van der Waals surface area contributed by atoms with Crippen molar-refractivity contribution < 1.29 is 19.1 Å². The molecule has 2 saturated heterocycles. The predicted octanol–water partition coefficient (Wildman–Crippen LogP) is 1.84. The van der Waals surface area contributed by atoms with Gasteiger partial charge in [0.25, 0.3) is 11.8 Å². The third-order valence-electron chi connectivity index (χ3n) is 4.69. The SMILES string of the molecule is CCOC(=O)C1CCCCN1/C=C/C=C1C(=O)N(CC)C(=S)N(CC)C1=O. The molecular weight excluding hydrogens is 366 g/mol. The van der Waals surface area contributed by atoms with E-state index in [4.69, 9.17) is 17.0 Å². The Bertz CT molecular complexity index is 646. The summed E-state index contributed by atoms with van der Waals surface area (Å²) in [6.45, 7) is 7.31. The summed E-state index contributed by atoms with van der Waals surface area (Å²) in [4.78, 5) is 42.0. The second-order valence-electron chi connectivity index (χ2n) is 6.30. The summed E-state index contributed by atoms with van der Waals surface area (Å²) in [6, 6.07) is -0.321. The van der Waals surface area contributed by atoms with Gasteiger partial charge in [-0.05, 0) is 70.6 Å². The molecule has 0 aliphatic carbocycles. The van der Waals surface area contributed by atoms with Crippen molar-refractivity contribution in [2.24, 2.45) is 0 Å². The lowest BCUT2D eigenvalue weighted by molar-refractivity contribution is -0.149. The van der Waals surface area contributed by atoms with Crippen molar-refractivity contribution in [2.75, 3.05) is 26.2 Å². The Morgan fingerprint density at radius 1 is 1.15 bits per heavy atom. The summed E-state index contributed by atoms with van der Waals surface area (Å²) >= 11 is 5.24. The summed E-state index contributed by atoms with van der Waals surface area (Å²) in [7, 11) is 0. The molecule has 0 spiro atoms. The van der Waals surface area contributed by atoms with Gasteiger partial charge in [0, 0.05) is 19.6 Å². The van der Waals surface area contributed by atoms with Crippen molar-refractivity contribution in [3.63, 3.8) is 0 Å². The van der Waals surface area contributed by atoms with Gasteiger partial charge in [-0.1, -0.05) is 0 Å². The Balaban J connectivity index is 2.20. The highest BCUT2D eigenvalue weighted by Crippen LogP contribution is 2.20. The number of carbonyl (C=O) groups is 3. The van der Waals surface area contributed by atoms with E-state index in [-0.39, 0.29) is 34.5 Å². The van der Waals surface area contributed by atoms with Crippen molar-refractivity contribution >= 4 is 35.1 Å². The molecule has 8 heteroatoms. The molecule has 0 radical (unpaired) electrons. The average molecular weight is 394 g/mol. The first-order valence-corrected chi connectivity index (χ1v) is 9.85. The van der Waals surface area contributed by atoms with E-state index >= 15 is 0 Å².